The van der Waals surface area contributed by atoms with E-state index in [2.05, 4.69) is 27.0 Å². The Balaban J connectivity index is 1.60. The predicted molar refractivity (Wildman–Crippen MR) is 110 cm³/mol. The number of amides is 2. The molecule has 5 nitrogen and oxygen atoms in total. The Morgan fingerprint density at radius 3 is 2.54 bits per heavy atom. The molecule has 1 aliphatic rings. The third-order valence-electron chi connectivity index (χ3n) is 5.10. The summed E-state index contributed by atoms with van der Waals surface area (Å²) in [7, 11) is 0. The van der Waals surface area contributed by atoms with Crippen molar-refractivity contribution in [3.63, 3.8) is 0 Å². The van der Waals surface area contributed by atoms with Crippen LogP contribution in [0.3, 0.4) is 0 Å². The van der Waals surface area contributed by atoms with Gasteiger partial charge in [0.1, 0.15) is 5.82 Å². The van der Waals surface area contributed by atoms with E-state index in [4.69, 9.17) is 0 Å². The first-order valence-corrected chi connectivity index (χ1v) is 10.6. The third kappa shape index (κ3) is 5.39. The number of hydrogen-bond acceptors (Lipinski definition) is 4. The van der Waals surface area contributed by atoms with Crippen molar-refractivity contribution in [1.82, 2.24) is 10.2 Å². The van der Waals surface area contributed by atoms with Gasteiger partial charge in [-0.25, -0.2) is 4.39 Å². The van der Waals surface area contributed by atoms with E-state index in [1.165, 1.54) is 18.9 Å². The number of benzene rings is 1. The zero-order chi connectivity index (χ0) is 19.9. The van der Waals surface area contributed by atoms with E-state index in [-0.39, 0.29) is 11.7 Å². The zero-order valence-electron chi connectivity index (χ0n) is 16.0. The topological polar surface area (TPSA) is 61.4 Å². The van der Waals surface area contributed by atoms with Crippen molar-refractivity contribution in [3.8, 4) is 0 Å². The average molecular weight is 404 g/mol. The Morgan fingerprint density at radius 1 is 1.14 bits per heavy atom. The van der Waals surface area contributed by atoms with Crippen LogP contribution >= 0.6 is 11.3 Å². The molecule has 1 aliphatic heterocycles. The first-order valence-electron chi connectivity index (χ1n) is 9.66. The molecule has 0 aliphatic carbocycles. The molecule has 0 unspecified atom stereocenters. The van der Waals surface area contributed by atoms with Crippen LogP contribution in [-0.4, -0.2) is 36.3 Å². The number of aryl methyl sites for hydroxylation is 1. The third-order valence-corrected chi connectivity index (χ3v) is 5.80. The minimum Gasteiger partial charge on any atom is -0.346 e. The molecule has 2 N–H and O–H groups in total. The van der Waals surface area contributed by atoms with Crippen LogP contribution in [0.25, 0.3) is 0 Å². The summed E-state index contributed by atoms with van der Waals surface area (Å²) in [4.78, 5) is 26.9. The number of carbonyl (C=O) groups excluding carboxylic acids is 2. The Morgan fingerprint density at radius 2 is 1.89 bits per heavy atom. The smallest absolute Gasteiger partial charge is 0.313 e. The van der Waals surface area contributed by atoms with Crippen LogP contribution in [0, 0.1) is 12.7 Å². The van der Waals surface area contributed by atoms with E-state index in [9.17, 15) is 14.0 Å². The van der Waals surface area contributed by atoms with Gasteiger partial charge in [-0.3, -0.25) is 14.5 Å². The van der Waals surface area contributed by atoms with Crippen molar-refractivity contribution in [1.29, 1.82) is 0 Å². The molecule has 150 valence electrons. The standard InChI is InChI=1S/C21H26FN3O2S/c1-15-6-7-17(12-18(15)22)24-21(27)20(26)23-13-19(16-8-11-28-14-16)25-9-4-2-3-5-10-25/h6-8,11-12,14,19H,2-5,9-10,13H2,1H3,(H,23,26)(H,24,27)/t19-/m0/s1. The maximum absolute atomic E-state index is 13.6. The van der Waals surface area contributed by atoms with Gasteiger partial charge in [0.05, 0.1) is 6.04 Å². The summed E-state index contributed by atoms with van der Waals surface area (Å²) in [5, 5.41) is 9.33. The first kappa shape index (κ1) is 20.5. The Hall–Kier alpha value is -2.25. The first-order chi connectivity index (χ1) is 13.5. The SMILES string of the molecule is Cc1ccc(NC(=O)C(=O)NC[C@@H](c2ccsc2)N2CCCCCC2)cc1F. The van der Waals surface area contributed by atoms with Gasteiger partial charge in [0, 0.05) is 12.2 Å². The van der Waals surface area contributed by atoms with Gasteiger partial charge in [-0.2, -0.15) is 11.3 Å². The number of nitrogens with zero attached hydrogens (tertiary/aromatic N) is 1. The summed E-state index contributed by atoms with van der Waals surface area (Å²) >= 11 is 1.63. The molecule has 0 radical (unpaired) electrons. The normalized spacial score (nSPS) is 16.2. The highest BCUT2D eigenvalue weighted by molar-refractivity contribution is 7.08. The molecule has 3 rings (SSSR count). The highest BCUT2D eigenvalue weighted by atomic mass is 32.1. The van der Waals surface area contributed by atoms with E-state index in [1.807, 2.05) is 5.38 Å². The van der Waals surface area contributed by atoms with Gasteiger partial charge in [0.2, 0.25) is 0 Å². The van der Waals surface area contributed by atoms with Gasteiger partial charge in [-0.1, -0.05) is 18.9 Å². The Labute approximate surface area is 168 Å². The number of rotatable bonds is 5. The zero-order valence-corrected chi connectivity index (χ0v) is 16.9. The lowest BCUT2D eigenvalue weighted by atomic mass is 10.1. The molecular formula is C21H26FN3O2S. The largest absolute Gasteiger partial charge is 0.346 e. The molecule has 28 heavy (non-hydrogen) atoms. The molecule has 2 heterocycles. The molecule has 1 atom stereocenters. The van der Waals surface area contributed by atoms with Crippen LogP contribution in [0.15, 0.2) is 35.0 Å². The monoisotopic (exact) mass is 403 g/mol. The van der Waals surface area contributed by atoms with E-state index in [1.54, 1.807) is 30.4 Å². The van der Waals surface area contributed by atoms with Crippen molar-refractivity contribution in [2.45, 2.75) is 38.6 Å². The van der Waals surface area contributed by atoms with Crippen molar-refractivity contribution in [2.24, 2.45) is 0 Å². The fourth-order valence-corrected chi connectivity index (χ4v) is 4.16. The van der Waals surface area contributed by atoms with Crippen LogP contribution in [-0.2, 0) is 9.59 Å². The molecule has 7 heteroatoms. The van der Waals surface area contributed by atoms with Crippen molar-refractivity contribution >= 4 is 28.8 Å². The minimum absolute atomic E-state index is 0.0536. The fraction of sp³-hybridized carbons (Fsp3) is 0.429. The van der Waals surface area contributed by atoms with E-state index < -0.39 is 17.6 Å². The number of carbonyl (C=O) groups is 2. The van der Waals surface area contributed by atoms with Crippen molar-refractivity contribution in [3.05, 3.63) is 52.0 Å². The summed E-state index contributed by atoms with van der Waals surface area (Å²) in [5.74, 6) is -1.92. The quantitative estimate of drug-likeness (QED) is 0.745. The van der Waals surface area contributed by atoms with E-state index in [0.717, 1.165) is 31.5 Å². The van der Waals surface area contributed by atoms with Gasteiger partial charge < -0.3 is 10.6 Å². The summed E-state index contributed by atoms with van der Waals surface area (Å²) in [6.07, 6.45) is 4.76. The maximum atomic E-state index is 13.6. The van der Waals surface area contributed by atoms with Crippen molar-refractivity contribution < 1.29 is 14.0 Å². The second-order valence-corrected chi connectivity index (χ2v) is 7.93. The molecule has 1 saturated heterocycles. The Kier molecular flexibility index (Phi) is 7.17. The van der Waals surface area contributed by atoms with Gasteiger partial charge in [-0.05, 0) is 72.9 Å². The molecule has 2 amide bonds. The van der Waals surface area contributed by atoms with Gasteiger partial charge in [-0.15, -0.1) is 0 Å². The number of halogens is 1. The lowest BCUT2D eigenvalue weighted by molar-refractivity contribution is -0.136. The summed E-state index contributed by atoms with van der Waals surface area (Å²) in [6, 6.07) is 6.48. The van der Waals surface area contributed by atoms with Crippen LogP contribution < -0.4 is 10.6 Å². The van der Waals surface area contributed by atoms with Gasteiger partial charge in [0.15, 0.2) is 0 Å². The molecule has 1 aromatic heterocycles. The molecule has 0 bridgehead atoms. The second-order valence-electron chi connectivity index (χ2n) is 7.15. The number of anilines is 1. The fourth-order valence-electron chi connectivity index (χ4n) is 3.46. The van der Waals surface area contributed by atoms with Crippen LogP contribution in [0.1, 0.15) is 42.9 Å². The summed E-state index contributed by atoms with van der Waals surface area (Å²) in [5.41, 5.74) is 1.91. The molecule has 0 saturated carbocycles. The molecular weight excluding hydrogens is 377 g/mol. The molecule has 1 aromatic carbocycles. The van der Waals surface area contributed by atoms with Crippen molar-refractivity contribution in [2.75, 3.05) is 25.0 Å². The minimum atomic E-state index is -0.789. The molecule has 1 fully saturated rings. The molecule has 2 aromatic rings. The lowest BCUT2D eigenvalue weighted by Gasteiger charge is -2.30. The summed E-state index contributed by atoms with van der Waals surface area (Å²) in [6.45, 7) is 3.99. The van der Waals surface area contributed by atoms with Crippen LogP contribution in [0.4, 0.5) is 10.1 Å². The van der Waals surface area contributed by atoms with Gasteiger partial charge >= 0.3 is 11.8 Å². The number of likely N-dealkylation sites (tertiary alicyclic amines) is 1. The maximum Gasteiger partial charge on any atom is 0.313 e. The highest BCUT2D eigenvalue weighted by Crippen LogP contribution is 2.25. The predicted octanol–water partition coefficient (Wildman–Crippen LogP) is 3.87. The number of thiophene rings is 1. The van der Waals surface area contributed by atoms with E-state index in [0.29, 0.717) is 12.1 Å². The summed E-state index contributed by atoms with van der Waals surface area (Å²) < 4.78 is 13.6. The van der Waals surface area contributed by atoms with Gasteiger partial charge in [0.25, 0.3) is 0 Å². The van der Waals surface area contributed by atoms with Crippen LogP contribution in [0.5, 0.6) is 0 Å². The molecule has 0 spiro atoms. The number of hydrogen-bond donors (Lipinski definition) is 2. The average Bonchev–Trinajstić information content (AvgIpc) is 3.07. The van der Waals surface area contributed by atoms with E-state index >= 15 is 0 Å². The number of nitrogens with one attached hydrogen (secondary N) is 2. The Bertz CT molecular complexity index is 802. The lowest BCUT2D eigenvalue weighted by Crippen LogP contribution is -2.42. The second kappa shape index (κ2) is 9.80. The van der Waals surface area contributed by atoms with Crippen LogP contribution in [0.2, 0.25) is 0 Å². The highest BCUT2D eigenvalue weighted by Gasteiger charge is 2.24.